The zero-order valence-corrected chi connectivity index (χ0v) is 21.3. The molecule has 2 aliphatic heterocycles. The zero-order chi connectivity index (χ0) is 25.4. The minimum Gasteiger partial charge on any atom is -0.353 e. The molecule has 0 spiro atoms. The number of piperazine rings is 1. The van der Waals surface area contributed by atoms with Gasteiger partial charge in [0.2, 0.25) is 23.5 Å². The van der Waals surface area contributed by atoms with Crippen molar-refractivity contribution in [3.63, 3.8) is 0 Å². The summed E-state index contributed by atoms with van der Waals surface area (Å²) in [5.74, 6) is 2.25. The quantitative estimate of drug-likeness (QED) is 0.498. The summed E-state index contributed by atoms with van der Waals surface area (Å²) in [7, 11) is 0. The number of nitrogens with zero attached hydrogens (tertiary/aromatic N) is 6. The Morgan fingerprint density at radius 2 is 1.76 bits per heavy atom. The van der Waals surface area contributed by atoms with Gasteiger partial charge in [-0.25, -0.2) is 4.98 Å². The van der Waals surface area contributed by atoms with Crippen LogP contribution in [0.25, 0.3) is 11.4 Å². The fourth-order valence-corrected chi connectivity index (χ4v) is 5.68. The molecule has 2 saturated heterocycles. The third kappa shape index (κ3) is 4.92. The summed E-state index contributed by atoms with van der Waals surface area (Å²) in [6.07, 6.45) is 6.70. The van der Waals surface area contributed by atoms with Crippen LogP contribution in [0.2, 0.25) is 5.02 Å². The number of amides is 2. The zero-order valence-electron chi connectivity index (χ0n) is 20.6. The number of aromatic nitrogens is 3. The Morgan fingerprint density at radius 1 is 1.00 bits per heavy atom. The number of hydrogen-bond acceptors (Lipinski definition) is 7. The van der Waals surface area contributed by atoms with Gasteiger partial charge in [-0.1, -0.05) is 29.6 Å². The number of anilines is 2. The van der Waals surface area contributed by atoms with Crippen LogP contribution in [0.3, 0.4) is 0 Å². The number of carbonyl (C=O) groups is 2. The monoisotopic (exact) mass is 520 g/mol. The Labute approximate surface area is 220 Å². The first-order chi connectivity index (χ1) is 18.0. The van der Waals surface area contributed by atoms with Crippen LogP contribution in [0.15, 0.2) is 47.1 Å². The molecule has 1 unspecified atom stereocenters. The molecule has 0 bridgehead atoms. The van der Waals surface area contributed by atoms with E-state index in [4.69, 9.17) is 16.1 Å². The van der Waals surface area contributed by atoms with Gasteiger partial charge in [-0.05, 0) is 49.2 Å². The number of rotatable bonds is 5. The van der Waals surface area contributed by atoms with E-state index in [0.717, 1.165) is 35.8 Å². The molecule has 1 atom stereocenters. The Kier molecular flexibility index (Phi) is 6.54. The summed E-state index contributed by atoms with van der Waals surface area (Å²) < 4.78 is 5.50. The molecule has 3 aliphatic rings. The Hall–Kier alpha value is -3.46. The third-order valence-electron chi connectivity index (χ3n) is 7.68. The van der Waals surface area contributed by atoms with Gasteiger partial charge in [0, 0.05) is 67.5 Å². The molecule has 1 aliphatic carbocycles. The van der Waals surface area contributed by atoms with Crippen LogP contribution < -0.4 is 9.80 Å². The molecule has 37 heavy (non-hydrogen) atoms. The predicted molar refractivity (Wildman–Crippen MR) is 139 cm³/mol. The third-order valence-corrected chi connectivity index (χ3v) is 7.93. The fraction of sp³-hybridized carbons (Fsp3) is 0.444. The van der Waals surface area contributed by atoms with E-state index in [1.165, 1.54) is 12.8 Å². The van der Waals surface area contributed by atoms with E-state index in [2.05, 4.69) is 20.0 Å². The van der Waals surface area contributed by atoms with Crippen molar-refractivity contribution in [3.8, 4) is 11.4 Å². The molecule has 0 N–H and O–H groups in total. The highest BCUT2D eigenvalue weighted by atomic mass is 35.5. The minimum atomic E-state index is -0.323. The largest absolute Gasteiger partial charge is 0.353 e. The molecule has 4 heterocycles. The first kappa shape index (κ1) is 23.9. The lowest BCUT2D eigenvalue weighted by molar-refractivity contribution is -0.136. The van der Waals surface area contributed by atoms with Crippen LogP contribution in [-0.2, 0) is 9.59 Å². The highest BCUT2D eigenvalue weighted by molar-refractivity contribution is 6.30. The maximum Gasteiger partial charge on any atom is 0.230 e. The van der Waals surface area contributed by atoms with Gasteiger partial charge in [0.15, 0.2) is 0 Å². The maximum absolute atomic E-state index is 13.2. The highest BCUT2D eigenvalue weighted by Gasteiger charge is 2.38. The normalized spacial score (nSPS) is 20.7. The van der Waals surface area contributed by atoms with Crippen molar-refractivity contribution in [1.29, 1.82) is 0 Å². The minimum absolute atomic E-state index is 0.0273. The second kappa shape index (κ2) is 10.1. The lowest BCUT2D eigenvalue weighted by Crippen LogP contribution is -2.51. The van der Waals surface area contributed by atoms with Gasteiger partial charge in [0.1, 0.15) is 5.82 Å². The van der Waals surface area contributed by atoms with Crippen LogP contribution in [0.5, 0.6) is 0 Å². The summed E-state index contributed by atoms with van der Waals surface area (Å²) in [4.78, 5) is 40.7. The van der Waals surface area contributed by atoms with Gasteiger partial charge < -0.3 is 19.2 Å². The molecule has 3 fully saturated rings. The molecule has 6 rings (SSSR count). The summed E-state index contributed by atoms with van der Waals surface area (Å²) in [5, 5.41) is 4.78. The predicted octanol–water partition coefficient (Wildman–Crippen LogP) is 4.14. The topological polar surface area (TPSA) is 95.7 Å². The number of pyridine rings is 1. The van der Waals surface area contributed by atoms with E-state index in [0.29, 0.717) is 49.5 Å². The van der Waals surface area contributed by atoms with Gasteiger partial charge >= 0.3 is 0 Å². The molecule has 2 amide bonds. The number of benzene rings is 1. The molecule has 1 saturated carbocycles. The van der Waals surface area contributed by atoms with Gasteiger partial charge in [0.05, 0.1) is 5.92 Å². The van der Waals surface area contributed by atoms with Crippen molar-refractivity contribution in [2.24, 2.45) is 5.92 Å². The van der Waals surface area contributed by atoms with Crippen molar-refractivity contribution in [1.82, 2.24) is 20.0 Å². The summed E-state index contributed by atoms with van der Waals surface area (Å²) in [6.45, 7) is 2.98. The smallest absolute Gasteiger partial charge is 0.230 e. The summed E-state index contributed by atoms with van der Waals surface area (Å²) in [5.41, 5.74) is 1.61. The summed E-state index contributed by atoms with van der Waals surface area (Å²) >= 11 is 5.97. The molecule has 10 heteroatoms. The summed E-state index contributed by atoms with van der Waals surface area (Å²) in [6, 6.07) is 11.1. The molecule has 9 nitrogen and oxygen atoms in total. The van der Waals surface area contributed by atoms with Gasteiger partial charge in [0.25, 0.3) is 0 Å². The SMILES string of the molecule is O=C(C1CC(=O)N(c2ccc(Cl)cc2)C1)N1CCN(c2ccc(-c3noc(C4CCCC4)n3)cn2)CC1. The van der Waals surface area contributed by atoms with Crippen molar-refractivity contribution >= 4 is 34.9 Å². The molecule has 1 aromatic carbocycles. The second-order valence-electron chi connectivity index (χ2n) is 10.0. The number of hydrogen-bond donors (Lipinski definition) is 0. The van der Waals surface area contributed by atoms with Gasteiger partial charge in [-0.2, -0.15) is 4.98 Å². The van der Waals surface area contributed by atoms with Gasteiger partial charge in [-0.15, -0.1) is 0 Å². The van der Waals surface area contributed by atoms with Crippen LogP contribution in [0, 0.1) is 5.92 Å². The number of carbonyl (C=O) groups excluding carboxylic acids is 2. The first-order valence-electron chi connectivity index (χ1n) is 12.9. The Bertz CT molecular complexity index is 1260. The van der Waals surface area contributed by atoms with E-state index < -0.39 is 0 Å². The van der Waals surface area contributed by atoms with E-state index in [9.17, 15) is 9.59 Å². The standard InChI is InChI=1S/C27H29ClN6O3/c28-21-6-8-22(9-7-21)34-17-20(15-24(34)35)27(36)33-13-11-32(12-14-33)23-10-5-19(16-29-23)25-30-26(37-31-25)18-3-1-2-4-18/h5-10,16,18,20H,1-4,11-15,17H2. The van der Waals surface area contributed by atoms with E-state index in [1.54, 1.807) is 23.2 Å². The molecule has 2 aromatic heterocycles. The number of halogens is 1. The van der Waals surface area contributed by atoms with Crippen LogP contribution in [0.1, 0.15) is 43.9 Å². The molecule has 0 radical (unpaired) electrons. The molecule has 192 valence electrons. The van der Waals surface area contributed by atoms with Crippen LogP contribution in [-0.4, -0.2) is 64.6 Å². The second-order valence-corrected chi connectivity index (χ2v) is 10.5. The highest BCUT2D eigenvalue weighted by Crippen LogP contribution is 2.34. The first-order valence-corrected chi connectivity index (χ1v) is 13.3. The van der Waals surface area contributed by atoms with Crippen molar-refractivity contribution in [2.45, 2.75) is 38.0 Å². The van der Waals surface area contributed by atoms with Crippen LogP contribution >= 0.6 is 11.6 Å². The fourth-order valence-electron chi connectivity index (χ4n) is 5.55. The average molecular weight is 521 g/mol. The van der Waals surface area contributed by atoms with Crippen LogP contribution in [0.4, 0.5) is 11.5 Å². The van der Waals surface area contributed by atoms with E-state index >= 15 is 0 Å². The lowest BCUT2D eigenvalue weighted by atomic mass is 10.1. The molecule has 3 aromatic rings. The van der Waals surface area contributed by atoms with Crippen molar-refractivity contribution < 1.29 is 14.1 Å². The maximum atomic E-state index is 13.2. The molecular formula is C27H29ClN6O3. The van der Waals surface area contributed by atoms with Crippen molar-refractivity contribution in [2.75, 3.05) is 42.5 Å². The molecular weight excluding hydrogens is 492 g/mol. The van der Waals surface area contributed by atoms with Crippen molar-refractivity contribution in [3.05, 3.63) is 53.5 Å². The van der Waals surface area contributed by atoms with Gasteiger partial charge in [-0.3, -0.25) is 9.59 Å². The Morgan fingerprint density at radius 3 is 2.46 bits per heavy atom. The average Bonchev–Trinajstić information content (AvgIpc) is 3.70. The lowest BCUT2D eigenvalue weighted by Gasteiger charge is -2.36. The Balaban J connectivity index is 1.04. The van der Waals surface area contributed by atoms with E-state index in [1.807, 2.05) is 29.2 Å². The van der Waals surface area contributed by atoms with E-state index in [-0.39, 0.29) is 24.2 Å².